The molecule has 15 N–H and O–H groups in total. The largest absolute Gasteiger partial charge is 0.395 e. The number of hydrogen-bond donors (Lipinski definition) is 13. The van der Waals surface area contributed by atoms with E-state index in [1.54, 1.807) is 0 Å². The van der Waals surface area contributed by atoms with Gasteiger partial charge in [0.15, 0.2) is 12.4 Å². The number of halogens is 2. The number of carbonyl (C=O) groups excluding carboxylic acids is 1. The van der Waals surface area contributed by atoms with Gasteiger partial charge in [0, 0.05) is 31.5 Å². The van der Waals surface area contributed by atoms with E-state index < -0.39 is 116 Å². The molecule has 252 valence electrons. The van der Waals surface area contributed by atoms with Gasteiger partial charge in [-0.1, -0.05) is 0 Å². The van der Waals surface area contributed by atoms with Gasteiger partial charge in [-0.2, -0.15) is 0 Å². The average molecular weight is 635 g/mol. The van der Waals surface area contributed by atoms with Crippen molar-refractivity contribution in [1.29, 1.82) is 0 Å². The number of nitrogens with two attached hydrogens (primary N) is 2. The molecule has 3 fully saturated rings. The fraction of sp³-hybridized carbons (Fsp3) is 0.958. The van der Waals surface area contributed by atoms with Crippen LogP contribution in [0.25, 0.3) is 0 Å². The quantitative estimate of drug-likeness (QED) is 0.0887. The molecule has 19 heteroatoms. The fourth-order valence-electron chi connectivity index (χ4n) is 5.71. The van der Waals surface area contributed by atoms with Crippen molar-refractivity contribution in [3.8, 4) is 0 Å². The van der Waals surface area contributed by atoms with Crippen LogP contribution < -0.4 is 22.1 Å². The van der Waals surface area contributed by atoms with Gasteiger partial charge in [-0.25, -0.2) is 8.78 Å². The Hall–Kier alpha value is -1.27. The van der Waals surface area contributed by atoms with E-state index in [1.165, 1.54) is 0 Å². The zero-order valence-corrected chi connectivity index (χ0v) is 23.2. The number of aliphatic hydroxyl groups is 9. The molecule has 0 aromatic heterocycles. The molecule has 0 bridgehead atoms. The molecule has 2 aliphatic heterocycles. The molecule has 0 radical (unpaired) electrons. The summed E-state index contributed by atoms with van der Waals surface area (Å²) in [5.74, 6) is -6.89. The Kier molecular flexibility index (Phi) is 12.9. The summed E-state index contributed by atoms with van der Waals surface area (Å²) >= 11 is 0. The van der Waals surface area contributed by atoms with Crippen LogP contribution in [0.2, 0.25) is 0 Å². The predicted molar refractivity (Wildman–Crippen MR) is 138 cm³/mol. The summed E-state index contributed by atoms with van der Waals surface area (Å²) in [4.78, 5) is 12.6. The standard InChI is InChI=1S/C24H44F2N4O13/c25-24(26,7-27)21(39)22(40)30-9-3-8(28)14(20-18(38)17(37)15(35)12(41-20)5-29-1-2-31)16(36)19(9)43-23-11(34)4-10(33)13(6-32)42-23/h8-21,23,29,31-39H,1-7,27-28H2,(H,30,40)/t8-,9+,10-,11+,12+,13+,14?,15+,16-,17-,18+,19-,20+,21?,23+/m0/s1. The van der Waals surface area contributed by atoms with Crippen LogP contribution in [0, 0.1) is 5.92 Å². The van der Waals surface area contributed by atoms with Gasteiger partial charge < -0.3 is 82.3 Å². The summed E-state index contributed by atoms with van der Waals surface area (Å²) in [5, 5.41) is 97.2. The second-order valence-electron chi connectivity index (χ2n) is 11.2. The zero-order valence-electron chi connectivity index (χ0n) is 23.2. The highest BCUT2D eigenvalue weighted by Crippen LogP contribution is 2.37. The highest BCUT2D eigenvalue weighted by molar-refractivity contribution is 5.82. The van der Waals surface area contributed by atoms with E-state index in [4.69, 9.17) is 30.8 Å². The minimum absolute atomic E-state index is 0.0844. The van der Waals surface area contributed by atoms with Crippen molar-refractivity contribution in [3.63, 3.8) is 0 Å². The van der Waals surface area contributed by atoms with Gasteiger partial charge in [0.25, 0.3) is 11.8 Å². The molecule has 2 unspecified atom stereocenters. The van der Waals surface area contributed by atoms with Crippen molar-refractivity contribution >= 4 is 5.91 Å². The lowest BCUT2D eigenvalue weighted by Crippen LogP contribution is -2.70. The van der Waals surface area contributed by atoms with Crippen molar-refractivity contribution in [2.24, 2.45) is 17.4 Å². The minimum Gasteiger partial charge on any atom is -0.395 e. The van der Waals surface area contributed by atoms with Gasteiger partial charge in [-0.3, -0.25) is 4.79 Å². The summed E-state index contributed by atoms with van der Waals surface area (Å²) in [6.45, 7) is -2.25. The molecule has 15 atom stereocenters. The molecule has 0 aromatic carbocycles. The molecule has 3 aliphatic rings. The van der Waals surface area contributed by atoms with Crippen LogP contribution in [0.4, 0.5) is 8.78 Å². The van der Waals surface area contributed by atoms with Crippen LogP contribution in [-0.2, 0) is 19.0 Å². The first-order chi connectivity index (χ1) is 20.2. The van der Waals surface area contributed by atoms with E-state index in [-0.39, 0.29) is 32.5 Å². The SMILES string of the molecule is NCC(F)(F)C(O)C(=O)N[C@@H]1C[C@H](N)C([C@H]2O[C@H](CNCCO)[C@@H](O)[C@H](O)[C@H]2O)[C@H](O)[C@H]1O[C@H]1O[C@H](CO)[C@@H](O)C[C@H]1O. The lowest BCUT2D eigenvalue weighted by atomic mass is 9.72. The number of amides is 1. The molecule has 43 heavy (non-hydrogen) atoms. The maximum atomic E-state index is 14.0. The van der Waals surface area contributed by atoms with Crippen molar-refractivity contribution < 1.29 is 73.7 Å². The van der Waals surface area contributed by atoms with Crippen molar-refractivity contribution in [2.45, 2.75) is 104 Å². The first-order valence-corrected chi connectivity index (χ1v) is 14.0. The van der Waals surface area contributed by atoms with Crippen LogP contribution >= 0.6 is 0 Å². The summed E-state index contributed by atoms with van der Waals surface area (Å²) in [5.41, 5.74) is 11.3. The van der Waals surface area contributed by atoms with E-state index in [0.29, 0.717) is 0 Å². The molecular formula is C24H44F2N4O13. The molecule has 1 aliphatic carbocycles. The summed E-state index contributed by atoms with van der Waals surface area (Å²) in [6.07, 6.45) is -20.4. The van der Waals surface area contributed by atoms with Crippen LogP contribution in [0.1, 0.15) is 12.8 Å². The maximum Gasteiger partial charge on any atom is 0.294 e. The predicted octanol–water partition coefficient (Wildman–Crippen LogP) is -7.22. The van der Waals surface area contributed by atoms with E-state index in [9.17, 15) is 54.4 Å². The molecule has 17 nitrogen and oxygen atoms in total. The van der Waals surface area contributed by atoms with E-state index >= 15 is 0 Å². The second-order valence-corrected chi connectivity index (χ2v) is 11.2. The van der Waals surface area contributed by atoms with Crippen molar-refractivity contribution in [2.75, 3.05) is 32.8 Å². The lowest BCUT2D eigenvalue weighted by molar-refractivity contribution is -0.306. The normalized spacial score (nSPS) is 43.3. The van der Waals surface area contributed by atoms with Crippen LogP contribution in [0.3, 0.4) is 0 Å². The topological polar surface area (TPSA) is 303 Å². The third-order valence-electron chi connectivity index (χ3n) is 8.17. The molecular weight excluding hydrogens is 590 g/mol. The Morgan fingerprint density at radius 1 is 0.977 bits per heavy atom. The highest BCUT2D eigenvalue weighted by Gasteiger charge is 2.56. The van der Waals surface area contributed by atoms with Gasteiger partial charge in [0.05, 0.1) is 50.2 Å². The van der Waals surface area contributed by atoms with Gasteiger partial charge in [0.1, 0.15) is 36.6 Å². The van der Waals surface area contributed by atoms with Gasteiger partial charge in [-0.15, -0.1) is 0 Å². The number of alkyl halides is 2. The van der Waals surface area contributed by atoms with Gasteiger partial charge >= 0.3 is 0 Å². The Bertz CT molecular complexity index is 900. The monoisotopic (exact) mass is 634 g/mol. The molecule has 1 saturated carbocycles. The van der Waals surface area contributed by atoms with Gasteiger partial charge in [-0.05, 0) is 6.42 Å². The smallest absolute Gasteiger partial charge is 0.294 e. The molecule has 2 saturated heterocycles. The summed E-state index contributed by atoms with van der Waals surface area (Å²) < 4.78 is 45.0. The summed E-state index contributed by atoms with van der Waals surface area (Å²) in [6, 6.07) is -2.59. The molecule has 0 aromatic rings. The Labute approximate surface area is 245 Å². The van der Waals surface area contributed by atoms with E-state index in [2.05, 4.69) is 10.6 Å². The first-order valence-electron chi connectivity index (χ1n) is 14.0. The number of carbonyl (C=O) groups is 1. The third-order valence-corrected chi connectivity index (χ3v) is 8.17. The van der Waals surface area contributed by atoms with Crippen molar-refractivity contribution in [3.05, 3.63) is 0 Å². The fourth-order valence-corrected chi connectivity index (χ4v) is 5.71. The van der Waals surface area contributed by atoms with Crippen LogP contribution in [-0.4, -0.2) is 176 Å². The first kappa shape index (κ1) is 36.2. The Morgan fingerprint density at radius 3 is 2.26 bits per heavy atom. The van der Waals surface area contributed by atoms with Crippen LogP contribution in [0.15, 0.2) is 0 Å². The number of hydrogen-bond acceptors (Lipinski definition) is 16. The lowest BCUT2D eigenvalue weighted by Gasteiger charge is -2.51. The zero-order chi connectivity index (χ0) is 32.2. The highest BCUT2D eigenvalue weighted by atomic mass is 19.3. The Morgan fingerprint density at radius 2 is 1.65 bits per heavy atom. The van der Waals surface area contributed by atoms with Crippen molar-refractivity contribution in [1.82, 2.24) is 10.6 Å². The molecule has 1 amide bonds. The number of ether oxygens (including phenoxy) is 3. The maximum absolute atomic E-state index is 14.0. The summed E-state index contributed by atoms with van der Waals surface area (Å²) in [7, 11) is 0. The average Bonchev–Trinajstić information content (AvgIpc) is 2.96. The Balaban J connectivity index is 1.90. The molecule has 0 spiro atoms. The molecule has 2 heterocycles. The van der Waals surface area contributed by atoms with Crippen LogP contribution in [0.5, 0.6) is 0 Å². The van der Waals surface area contributed by atoms with Gasteiger partial charge in [0.2, 0.25) is 0 Å². The number of nitrogens with one attached hydrogen (secondary N) is 2. The number of rotatable bonds is 12. The third kappa shape index (κ3) is 8.12. The van der Waals surface area contributed by atoms with E-state index in [0.717, 1.165) is 0 Å². The minimum atomic E-state index is -4.01. The number of aliphatic hydroxyl groups excluding tert-OH is 9. The second kappa shape index (κ2) is 15.3. The van der Waals surface area contributed by atoms with E-state index in [1.807, 2.05) is 0 Å². The molecule has 3 rings (SSSR count).